The van der Waals surface area contributed by atoms with Crippen LogP contribution in [0.2, 0.25) is 0 Å². The van der Waals surface area contributed by atoms with Crippen LogP contribution < -0.4 is 0 Å². The number of esters is 5. The van der Waals surface area contributed by atoms with Crippen LogP contribution in [0.5, 0.6) is 0 Å². The average molecular weight is 1490 g/mol. The predicted molar refractivity (Wildman–Crippen MR) is 420 cm³/mol. The minimum absolute atomic E-state index is 0.0983. The monoisotopic (exact) mass is 1490 g/mol. The van der Waals surface area contributed by atoms with E-state index in [0.717, 1.165) is 64.8 Å². The maximum absolute atomic E-state index is 12.0. The van der Waals surface area contributed by atoms with E-state index in [-0.39, 0.29) is 119 Å². The van der Waals surface area contributed by atoms with Gasteiger partial charge in [0.1, 0.15) is 0 Å². The number of carbonyl (C=O) groups is 10. The van der Waals surface area contributed by atoms with Crippen molar-refractivity contribution in [3.8, 4) is 0 Å². The average Bonchev–Trinajstić information content (AvgIpc) is 1.76. The third-order valence-electron chi connectivity index (χ3n) is 19.7. The van der Waals surface area contributed by atoms with Gasteiger partial charge >= 0.3 is 29.8 Å². The van der Waals surface area contributed by atoms with Crippen LogP contribution in [-0.4, -0.2) is 180 Å². The molecule has 5 heterocycles. The van der Waals surface area contributed by atoms with Gasteiger partial charge in [0.2, 0.25) is 29.5 Å². The number of amides is 5. The molecular weight excluding hydrogens is 1330 g/mol. The van der Waals surface area contributed by atoms with Gasteiger partial charge in [-0.1, -0.05) is 227 Å². The van der Waals surface area contributed by atoms with E-state index in [2.05, 4.69) is 34.6 Å². The lowest BCUT2D eigenvalue weighted by atomic mass is 10.1. The summed E-state index contributed by atoms with van der Waals surface area (Å²) in [6.45, 7) is 36.1. The molecule has 0 aromatic carbocycles. The number of likely N-dealkylation sites (tertiary alicyclic amines) is 5. The van der Waals surface area contributed by atoms with Gasteiger partial charge in [-0.15, -0.1) is 0 Å². The Morgan fingerprint density at radius 3 is 0.486 bits per heavy atom. The van der Waals surface area contributed by atoms with Gasteiger partial charge in [0.05, 0.1) is 60.1 Å². The summed E-state index contributed by atoms with van der Waals surface area (Å²) in [5.74, 6) is -1.89. The van der Waals surface area contributed by atoms with Crippen LogP contribution in [0.25, 0.3) is 0 Å². The molecule has 5 saturated heterocycles. The zero-order chi connectivity index (χ0) is 78.3. The first-order chi connectivity index (χ1) is 50.2. The largest absolute Gasteiger partial charge is 0.463 e. The molecule has 0 aromatic heterocycles. The molecule has 5 aliphatic rings. The summed E-state index contributed by atoms with van der Waals surface area (Å²) < 4.78 is 26.0. The van der Waals surface area contributed by atoms with Gasteiger partial charge in [0, 0.05) is 97.6 Å². The van der Waals surface area contributed by atoms with E-state index in [1.54, 1.807) is 0 Å². The van der Waals surface area contributed by atoms with Crippen molar-refractivity contribution < 1.29 is 71.6 Å². The summed E-state index contributed by atoms with van der Waals surface area (Å²) in [6.07, 6.45) is 44.6. The van der Waals surface area contributed by atoms with Crippen molar-refractivity contribution in [1.29, 1.82) is 0 Å². The molecule has 105 heavy (non-hydrogen) atoms. The van der Waals surface area contributed by atoms with Gasteiger partial charge in [-0.3, -0.25) is 47.9 Å². The second-order valence-corrected chi connectivity index (χ2v) is 31.7. The Labute approximate surface area is 638 Å². The Morgan fingerprint density at radius 1 is 0.238 bits per heavy atom. The number of ether oxygens (including phenoxy) is 5. The van der Waals surface area contributed by atoms with E-state index >= 15 is 0 Å². The number of carbonyl (C=O) groups excluding carboxylic acids is 10. The maximum Gasteiger partial charge on any atom is 0.311 e. The maximum atomic E-state index is 12.0. The highest BCUT2D eigenvalue weighted by Gasteiger charge is 2.39. The molecule has 0 saturated carbocycles. The summed E-state index contributed by atoms with van der Waals surface area (Å²) in [6, 6.07) is 0. The first-order valence-corrected chi connectivity index (χ1v) is 42.6. The number of hydrogen-bond donors (Lipinski definition) is 0. The molecule has 5 fully saturated rings. The molecule has 0 aromatic rings. The smallest absolute Gasteiger partial charge is 0.311 e. The Kier molecular flexibility index (Phi) is 56.4. The van der Waals surface area contributed by atoms with Gasteiger partial charge in [0.25, 0.3) is 0 Å². The Hall–Kier alpha value is -5.30. The molecule has 0 spiro atoms. The van der Waals surface area contributed by atoms with E-state index in [9.17, 15) is 47.9 Å². The summed E-state index contributed by atoms with van der Waals surface area (Å²) in [5, 5.41) is 0. The SMILES string of the molecule is CCCCCCCCCCCN1CC(C(=O)OC(C)C)CC1=O.CCCCCCCCCCN1CC(C(=O)OC(C)C)CC1=O.CCCCCCCCCN1CC(C(=O)OC(C)C)CC1=O.CCCCCCCCN1CC(C(=O)OC(C)C)CC1=O.CCCCCCCN1CC(C(=O)OC(C)C)CC1=O. The molecule has 5 unspecified atom stereocenters. The molecule has 0 bridgehead atoms. The van der Waals surface area contributed by atoms with Gasteiger partial charge < -0.3 is 48.2 Å². The first-order valence-electron chi connectivity index (χ1n) is 42.6. The van der Waals surface area contributed by atoms with E-state index in [4.69, 9.17) is 23.7 Å². The molecule has 0 aliphatic carbocycles. The van der Waals surface area contributed by atoms with Crippen molar-refractivity contribution in [2.24, 2.45) is 29.6 Å². The first kappa shape index (κ1) is 97.7. The van der Waals surface area contributed by atoms with Crippen molar-refractivity contribution in [3.63, 3.8) is 0 Å². The van der Waals surface area contributed by atoms with Crippen LogP contribution in [0.15, 0.2) is 0 Å². The standard InChI is InChI=1S/C19H35NO3.C18H33NO3.C17H31NO3.C16H29NO3.C15H27NO3/c1-4-5-6-7-8-9-10-11-12-13-20-15-17(14-18(20)21)19(22)23-16(2)3;1-4-5-6-7-8-9-10-11-12-19-14-16(13-17(19)20)18(21)22-15(2)3;1-4-5-6-7-8-9-10-11-18-13-15(12-16(18)19)17(20)21-14(2)3;1-4-5-6-7-8-9-10-17-12-14(11-15(17)18)16(19)20-13(2)3;1-4-5-6-7-8-9-16-11-13(10-14(16)17)15(18)19-12(2)3/h16-17H,4-15H2,1-3H3;15-16H,4-14H2,1-3H3;14-15H,4-13H2,1-3H3;13-14H,4-12H2,1-3H3;12-13H,4-11H2,1-3H3. The summed E-state index contributed by atoms with van der Waals surface area (Å²) in [5.41, 5.74) is 0. The highest BCUT2D eigenvalue weighted by atomic mass is 16.6. The van der Waals surface area contributed by atoms with Crippen molar-refractivity contribution in [1.82, 2.24) is 24.5 Å². The molecule has 20 nitrogen and oxygen atoms in total. The molecule has 5 aliphatic heterocycles. The van der Waals surface area contributed by atoms with Crippen molar-refractivity contribution in [2.75, 3.05) is 65.4 Å². The third-order valence-corrected chi connectivity index (χ3v) is 19.7. The second kappa shape index (κ2) is 60.6. The molecule has 610 valence electrons. The van der Waals surface area contributed by atoms with Crippen LogP contribution in [0.4, 0.5) is 0 Å². The van der Waals surface area contributed by atoms with Gasteiger partial charge in [-0.05, 0) is 101 Å². The van der Waals surface area contributed by atoms with Crippen LogP contribution >= 0.6 is 0 Å². The Balaban J connectivity index is 0.000000657. The number of nitrogens with zero attached hydrogens (tertiary/aromatic N) is 5. The molecule has 5 amide bonds. The van der Waals surface area contributed by atoms with E-state index in [1.165, 1.54) is 193 Å². The normalized spacial score (nSPS) is 18.6. The van der Waals surface area contributed by atoms with Gasteiger partial charge in [0.15, 0.2) is 0 Å². The molecule has 5 rings (SSSR count). The Morgan fingerprint density at radius 2 is 0.362 bits per heavy atom. The Bertz CT molecular complexity index is 2380. The van der Waals surface area contributed by atoms with E-state index in [0.29, 0.717) is 64.8 Å². The van der Waals surface area contributed by atoms with E-state index < -0.39 is 0 Å². The fourth-order valence-electron chi connectivity index (χ4n) is 13.7. The fourth-order valence-corrected chi connectivity index (χ4v) is 13.7. The van der Waals surface area contributed by atoms with Crippen molar-refractivity contribution >= 4 is 59.4 Å². The van der Waals surface area contributed by atoms with Crippen LogP contribution in [-0.2, 0) is 71.6 Å². The summed E-state index contributed by atoms with van der Waals surface area (Å²) in [4.78, 5) is 128. The lowest BCUT2D eigenvalue weighted by Crippen LogP contribution is -2.28. The van der Waals surface area contributed by atoms with Crippen LogP contribution in [0.3, 0.4) is 0 Å². The van der Waals surface area contributed by atoms with Crippen molar-refractivity contribution in [2.45, 2.75) is 391 Å². The topological polar surface area (TPSA) is 233 Å². The molecule has 0 N–H and O–H groups in total. The van der Waals surface area contributed by atoms with Gasteiger partial charge in [-0.25, -0.2) is 0 Å². The molecular formula is C85H155N5O15. The zero-order valence-corrected chi connectivity index (χ0v) is 69.5. The molecule has 0 radical (unpaired) electrons. The van der Waals surface area contributed by atoms with Crippen LogP contribution in [0, 0.1) is 29.6 Å². The minimum atomic E-state index is -0.261. The quantitative estimate of drug-likeness (QED) is 0.0313. The number of unbranched alkanes of at least 4 members (excludes halogenated alkanes) is 30. The highest BCUT2D eigenvalue weighted by Crippen LogP contribution is 2.26. The fraction of sp³-hybridized carbons (Fsp3) is 0.882. The third kappa shape index (κ3) is 47.3. The number of hydrogen-bond acceptors (Lipinski definition) is 15. The summed E-state index contributed by atoms with van der Waals surface area (Å²) in [7, 11) is 0. The lowest BCUT2D eigenvalue weighted by molar-refractivity contribution is -0.153. The predicted octanol–water partition coefficient (Wildman–Crippen LogP) is 17.7. The van der Waals surface area contributed by atoms with Gasteiger partial charge in [-0.2, -0.15) is 0 Å². The number of rotatable bonds is 50. The summed E-state index contributed by atoms with van der Waals surface area (Å²) >= 11 is 0. The van der Waals surface area contributed by atoms with E-state index in [1.807, 2.05) is 93.7 Å². The zero-order valence-electron chi connectivity index (χ0n) is 69.5. The molecule has 5 atom stereocenters. The highest BCUT2D eigenvalue weighted by molar-refractivity contribution is 5.89. The lowest BCUT2D eigenvalue weighted by Gasteiger charge is -2.16. The second-order valence-electron chi connectivity index (χ2n) is 31.7. The van der Waals surface area contributed by atoms with Crippen molar-refractivity contribution in [3.05, 3.63) is 0 Å². The van der Waals surface area contributed by atoms with Crippen LogP contribution in [0.1, 0.15) is 361 Å². The minimum Gasteiger partial charge on any atom is -0.463 e. The molecule has 20 heteroatoms.